The molecular formula is C9H4BrF3N4O2. The zero-order valence-electron chi connectivity index (χ0n) is 8.93. The molecule has 0 saturated carbocycles. The van der Waals surface area contributed by atoms with Crippen LogP contribution in [0.5, 0.6) is 0 Å². The van der Waals surface area contributed by atoms with Gasteiger partial charge in [0.05, 0.1) is 4.92 Å². The van der Waals surface area contributed by atoms with Gasteiger partial charge >= 0.3 is 11.9 Å². The average molecular weight is 337 g/mol. The Balaban J connectivity index is 2.53. The topological polar surface area (TPSA) is 73.8 Å². The van der Waals surface area contributed by atoms with Crippen LogP contribution in [0.3, 0.4) is 0 Å². The maximum absolute atomic E-state index is 12.4. The summed E-state index contributed by atoms with van der Waals surface area (Å²) >= 11 is 3.00. The fraction of sp³-hybridized carbons (Fsp3) is 0.111. The number of pyridine rings is 1. The third-order valence-corrected chi connectivity index (χ3v) is 2.54. The van der Waals surface area contributed by atoms with Crippen molar-refractivity contribution in [3.05, 3.63) is 44.8 Å². The highest BCUT2D eigenvalue weighted by atomic mass is 79.9. The van der Waals surface area contributed by atoms with E-state index in [0.29, 0.717) is 15.2 Å². The van der Waals surface area contributed by atoms with Crippen LogP contribution in [0, 0.1) is 10.1 Å². The van der Waals surface area contributed by atoms with E-state index in [4.69, 9.17) is 0 Å². The Hall–Kier alpha value is -1.97. The summed E-state index contributed by atoms with van der Waals surface area (Å²) in [4.78, 5) is 13.8. The highest BCUT2D eigenvalue weighted by molar-refractivity contribution is 9.10. The molecule has 0 aliphatic carbocycles. The maximum atomic E-state index is 12.4. The van der Waals surface area contributed by atoms with Crippen LogP contribution in [0.4, 0.5) is 18.9 Å². The number of aromatic nitrogens is 3. The summed E-state index contributed by atoms with van der Waals surface area (Å²) in [5, 5.41) is 14.1. The van der Waals surface area contributed by atoms with Crippen molar-refractivity contribution in [2.75, 3.05) is 0 Å². The maximum Gasteiger partial charge on any atom is 0.435 e. The number of hydrogen-bond donors (Lipinski definition) is 0. The zero-order valence-corrected chi connectivity index (χ0v) is 10.5. The molecule has 0 spiro atoms. The molecule has 0 saturated heterocycles. The minimum absolute atomic E-state index is 0.288. The molecule has 0 N–H and O–H groups in total. The standard InChI is InChI=1S/C9H4BrF3N4O2/c10-5-3-6(17(18)19)8(14-4-5)16-2-1-7(15-16)9(11,12)13/h1-4H. The summed E-state index contributed by atoms with van der Waals surface area (Å²) in [5.41, 5.74) is -1.60. The molecule has 0 aromatic carbocycles. The molecule has 2 rings (SSSR count). The van der Waals surface area contributed by atoms with Gasteiger partial charge in [-0.15, -0.1) is 0 Å². The lowest BCUT2D eigenvalue weighted by atomic mass is 10.4. The molecule has 100 valence electrons. The molecule has 0 unspecified atom stereocenters. The van der Waals surface area contributed by atoms with Gasteiger partial charge in [0.2, 0.25) is 5.82 Å². The van der Waals surface area contributed by atoms with E-state index in [1.54, 1.807) is 0 Å². The Kier molecular flexibility index (Phi) is 3.27. The Labute approximate surface area is 112 Å². The van der Waals surface area contributed by atoms with E-state index >= 15 is 0 Å². The molecule has 0 aliphatic rings. The summed E-state index contributed by atoms with van der Waals surface area (Å²) < 4.78 is 38.3. The molecule has 0 atom stereocenters. The molecule has 6 nitrogen and oxygen atoms in total. The van der Waals surface area contributed by atoms with Crippen LogP contribution in [-0.4, -0.2) is 19.7 Å². The number of alkyl halides is 3. The average Bonchev–Trinajstić information content (AvgIpc) is 2.77. The van der Waals surface area contributed by atoms with Crippen LogP contribution >= 0.6 is 15.9 Å². The quantitative estimate of drug-likeness (QED) is 0.624. The predicted octanol–water partition coefficient (Wildman–Crippen LogP) is 2.96. The lowest BCUT2D eigenvalue weighted by Crippen LogP contribution is -2.09. The van der Waals surface area contributed by atoms with Crippen LogP contribution in [0.15, 0.2) is 29.0 Å². The largest absolute Gasteiger partial charge is 0.435 e. The SMILES string of the molecule is O=[N+]([O-])c1cc(Br)cnc1-n1ccc(C(F)(F)F)n1. The van der Waals surface area contributed by atoms with E-state index < -0.39 is 22.5 Å². The highest BCUT2D eigenvalue weighted by Gasteiger charge is 2.34. The van der Waals surface area contributed by atoms with E-state index in [9.17, 15) is 23.3 Å². The van der Waals surface area contributed by atoms with E-state index in [1.807, 2.05) is 0 Å². The summed E-state index contributed by atoms with van der Waals surface area (Å²) in [6.07, 6.45) is -2.42. The molecule has 0 bridgehead atoms. The van der Waals surface area contributed by atoms with Gasteiger partial charge in [0.15, 0.2) is 5.69 Å². The van der Waals surface area contributed by atoms with Gasteiger partial charge in [-0.05, 0) is 22.0 Å². The summed E-state index contributed by atoms with van der Waals surface area (Å²) in [5.74, 6) is -0.288. The van der Waals surface area contributed by atoms with Crippen molar-refractivity contribution < 1.29 is 18.1 Å². The molecule has 0 fully saturated rings. The third kappa shape index (κ3) is 2.72. The van der Waals surface area contributed by atoms with Gasteiger partial charge in [-0.3, -0.25) is 10.1 Å². The molecule has 0 amide bonds. The van der Waals surface area contributed by atoms with E-state index in [-0.39, 0.29) is 5.82 Å². The molecule has 2 aromatic rings. The normalized spacial score (nSPS) is 11.6. The van der Waals surface area contributed by atoms with Crippen LogP contribution in [-0.2, 0) is 6.18 Å². The summed E-state index contributed by atoms with van der Waals surface area (Å²) in [6, 6.07) is 1.85. The van der Waals surface area contributed by atoms with Crippen LogP contribution in [0.2, 0.25) is 0 Å². The number of hydrogen-bond acceptors (Lipinski definition) is 4. The van der Waals surface area contributed by atoms with Crippen LogP contribution in [0.25, 0.3) is 5.82 Å². The second kappa shape index (κ2) is 4.61. The van der Waals surface area contributed by atoms with E-state index in [1.165, 1.54) is 6.20 Å². The molecule has 10 heteroatoms. The van der Waals surface area contributed by atoms with Gasteiger partial charge < -0.3 is 0 Å². The van der Waals surface area contributed by atoms with Gasteiger partial charge in [-0.25, -0.2) is 9.67 Å². The first kappa shape index (κ1) is 13.5. The van der Waals surface area contributed by atoms with E-state index in [0.717, 1.165) is 12.3 Å². The molecule has 19 heavy (non-hydrogen) atoms. The highest BCUT2D eigenvalue weighted by Crippen LogP contribution is 2.29. The van der Waals surface area contributed by atoms with Gasteiger partial charge in [0, 0.05) is 22.9 Å². The van der Waals surface area contributed by atoms with Crippen molar-refractivity contribution >= 4 is 21.6 Å². The third-order valence-electron chi connectivity index (χ3n) is 2.11. The Bertz CT molecular complexity index is 641. The molecule has 2 heterocycles. The Morgan fingerprint density at radius 3 is 2.63 bits per heavy atom. The molecule has 2 aromatic heterocycles. The first-order chi connectivity index (χ1) is 8.79. The minimum Gasteiger partial charge on any atom is -0.258 e. The van der Waals surface area contributed by atoms with Crippen molar-refractivity contribution in [2.24, 2.45) is 0 Å². The minimum atomic E-state index is -4.62. The fourth-order valence-corrected chi connectivity index (χ4v) is 1.64. The molecular weight excluding hydrogens is 333 g/mol. The lowest BCUT2D eigenvalue weighted by Gasteiger charge is -2.03. The second-order valence-corrected chi connectivity index (χ2v) is 4.31. The van der Waals surface area contributed by atoms with Crippen molar-refractivity contribution in [2.45, 2.75) is 6.18 Å². The van der Waals surface area contributed by atoms with Crippen molar-refractivity contribution in [1.82, 2.24) is 14.8 Å². The fourth-order valence-electron chi connectivity index (χ4n) is 1.33. The number of nitrogens with zero attached hydrogens (tertiary/aromatic N) is 4. The summed E-state index contributed by atoms with van der Waals surface area (Å²) in [6.45, 7) is 0. The van der Waals surface area contributed by atoms with Crippen LogP contribution in [0.1, 0.15) is 5.69 Å². The molecule has 0 radical (unpaired) electrons. The zero-order chi connectivity index (χ0) is 14.2. The molecule has 0 aliphatic heterocycles. The van der Waals surface area contributed by atoms with Crippen LogP contribution < -0.4 is 0 Å². The first-order valence-electron chi connectivity index (χ1n) is 4.72. The van der Waals surface area contributed by atoms with Crippen molar-refractivity contribution in [1.29, 1.82) is 0 Å². The number of rotatable bonds is 2. The number of halogens is 4. The smallest absolute Gasteiger partial charge is 0.258 e. The van der Waals surface area contributed by atoms with Gasteiger partial charge in [-0.2, -0.15) is 18.3 Å². The van der Waals surface area contributed by atoms with Gasteiger partial charge in [0.1, 0.15) is 0 Å². The van der Waals surface area contributed by atoms with Crippen molar-refractivity contribution in [3.8, 4) is 5.82 Å². The first-order valence-corrected chi connectivity index (χ1v) is 5.51. The van der Waals surface area contributed by atoms with Gasteiger partial charge in [0.25, 0.3) is 0 Å². The van der Waals surface area contributed by atoms with Gasteiger partial charge in [-0.1, -0.05) is 0 Å². The van der Waals surface area contributed by atoms with Crippen molar-refractivity contribution in [3.63, 3.8) is 0 Å². The predicted molar refractivity (Wildman–Crippen MR) is 60.7 cm³/mol. The lowest BCUT2D eigenvalue weighted by molar-refractivity contribution is -0.385. The number of nitro groups is 1. The Morgan fingerprint density at radius 1 is 1.42 bits per heavy atom. The second-order valence-electron chi connectivity index (χ2n) is 3.40. The van der Waals surface area contributed by atoms with E-state index in [2.05, 4.69) is 26.0 Å². The summed E-state index contributed by atoms with van der Waals surface area (Å²) in [7, 11) is 0. The monoisotopic (exact) mass is 336 g/mol. The Morgan fingerprint density at radius 2 is 2.11 bits per heavy atom.